The molecule has 2 aromatic carbocycles. The number of aryl methyl sites for hydroxylation is 1. The molecule has 152 valence electrons. The van der Waals surface area contributed by atoms with Gasteiger partial charge in [-0.15, -0.1) is 0 Å². The van der Waals surface area contributed by atoms with Gasteiger partial charge in [0.2, 0.25) is 0 Å². The molecule has 0 saturated carbocycles. The summed E-state index contributed by atoms with van der Waals surface area (Å²) in [6.07, 6.45) is 1.90. The van der Waals surface area contributed by atoms with Crippen molar-refractivity contribution in [2.24, 2.45) is 7.05 Å². The van der Waals surface area contributed by atoms with Crippen LogP contribution in [0.25, 0.3) is 11.0 Å². The van der Waals surface area contributed by atoms with E-state index in [-0.39, 0.29) is 5.91 Å². The molecule has 0 bridgehead atoms. The highest BCUT2D eigenvalue weighted by molar-refractivity contribution is 5.94. The van der Waals surface area contributed by atoms with Gasteiger partial charge in [-0.1, -0.05) is 18.2 Å². The van der Waals surface area contributed by atoms with E-state index in [0.717, 1.165) is 62.7 Å². The van der Waals surface area contributed by atoms with Gasteiger partial charge in [0.05, 0.1) is 18.1 Å². The molecule has 1 saturated heterocycles. The van der Waals surface area contributed by atoms with Crippen LogP contribution in [-0.4, -0.2) is 65.1 Å². The summed E-state index contributed by atoms with van der Waals surface area (Å²) in [6.45, 7) is 4.39. The van der Waals surface area contributed by atoms with Crippen LogP contribution in [0, 0.1) is 0 Å². The summed E-state index contributed by atoms with van der Waals surface area (Å²) in [6, 6.07) is 15.7. The van der Waals surface area contributed by atoms with Crippen molar-refractivity contribution in [3.8, 4) is 5.75 Å². The van der Waals surface area contributed by atoms with Crippen molar-refractivity contribution in [1.29, 1.82) is 0 Å². The molecule has 0 N–H and O–H groups in total. The zero-order valence-corrected chi connectivity index (χ0v) is 17.2. The summed E-state index contributed by atoms with van der Waals surface area (Å²) < 4.78 is 7.44. The highest BCUT2D eigenvalue weighted by Gasteiger charge is 2.21. The number of benzene rings is 2. The second-order valence-electron chi connectivity index (χ2n) is 7.55. The number of carbonyl (C=O) groups is 1. The topological polar surface area (TPSA) is 50.6 Å². The highest BCUT2D eigenvalue weighted by atomic mass is 16.5. The number of fused-ring (bicyclic) bond motifs is 1. The highest BCUT2D eigenvalue weighted by Crippen LogP contribution is 2.17. The van der Waals surface area contributed by atoms with Crippen LogP contribution in [0.5, 0.6) is 5.75 Å². The number of imidazole rings is 1. The average Bonchev–Trinajstić information content (AvgIpc) is 2.92. The van der Waals surface area contributed by atoms with Crippen molar-refractivity contribution in [2.75, 3.05) is 39.8 Å². The van der Waals surface area contributed by atoms with Crippen LogP contribution in [0.3, 0.4) is 0 Å². The van der Waals surface area contributed by atoms with Crippen LogP contribution in [0.4, 0.5) is 0 Å². The van der Waals surface area contributed by atoms with E-state index in [1.54, 1.807) is 7.11 Å². The number of hydrogen-bond acceptors (Lipinski definition) is 4. The van der Waals surface area contributed by atoms with Crippen LogP contribution >= 0.6 is 0 Å². The number of para-hydroxylation sites is 2. The SMILES string of the molecule is COc1cccc(C(=O)N2CCCN(CCc3nc4ccccc4n3C)CC2)c1. The number of aromatic nitrogens is 2. The Balaban J connectivity index is 1.36. The van der Waals surface area contributed by atoms with Crippen LogP contribution in [0.1, 0.15) is 22.6 Å². The molecular weight excluding hydrogens is 364 g/mol. The minimum Gasteiger partial charge on any atom is -0.497 e. The normalized spacial score (nSPS) is 15.4. The van der Waals surface area contributed by atoms with Gasteiger partial charge in [0.25, 0.3) is 5.91 Å². The Morgan fingerprint density at radius 3 is 2.76 bits per heavy atom. The first-order valence-electron chi connectivity index (χ1n) is 10.2. The summed E-state index contributed by atoms with van der Waals surface area (Å²) in [5.41, 5.74) is 2.92. The molecule has 0 atom stereocenters. The van der Waals surface area contributed by atoms with Crippen LogP contribution in [0.2, 0.25) is 0 Å². The number of hydrogen-bond donors (Lipinski definition) is 0. The van der Waals surface area contributed by atoms with Crippen molar-refractivity contribution in [3.05, 3.63) is 59.9 Å². The van der Waals surface area contributed by atoms with Crippen molar-refractivity contribution in [3.63, 3.8) is 0 Å². The van der Waals surface area contributed by atoms with Crippen molar-refractivity contribution >= 4 is 16.9 Å². The van der Waals surface area contributed by atoms with Gasteiger partial charge >= 0.3 is 0 Å². The number of carbonyl (C=O) groups excluding carboxylic acids is 1. The molecule has 1 amide bonds. The number of nitrogens with zero attached hydrogens (tertiary/aromatic N) is 4. The summed E-state index contributed by atoms with van der Waals surface area (Å²) in [4.78, 5) is 22.1. The predicted octanol–water partition coefficient (Wildman–Crippen LogP) is 2.97. The monoisotopic (exact) mass is 392 g/mol. The molecule has 1 aliphatic rings. The lowest BCUT2D eigenvalue weighted by Crippen LogP contribution is -2.35. The number of rotatable bonds is 5. The number of amides is 1. The molecule has 0 spiro atoms. The maximum absolute atomic E-state index is 12.9. The molecule has 3 aromatic rings. The fraction of sp³-hybridized carbons (Fsp3) is 0.391. The Labute approximate surface area is 171 Å². The van der Waals surface area contributed by atoms with E-state index in [4.69, 9.17) is 9.72 Å². The van der Waals surface area contributed by atoms with Gasteiger partial charge in [-0.05, 0) is 43.3 Å². The molecule has 29 heavy (non-hydrogen) atoms. The average molecular weight is 393 g/mol. The number of methoxy groups -OCH3 is 1. The van der Waals surface area contributed by atoms with Crippen LogP contribution < -0.4 is 4.74 Å². The third kappa shape index (κ3) is 4.27. The van der Waals surface area contributed by atoms with E-state index < -0.39 is 0 Å². The Bertz CT molecular complexity index is 997. The summed E-state index contributed by atoms with van der Waals surface area (Å²) >= 11 is 0. The fourth-order valence-electron chi connectivity index (χ4n) is 4.01. The summed E-state index contributed by atoms with van der Waals surface area (Å²) in [5.74, 6) is 1.91. The van der Waals surface area contributed by atoms with E-state index in [1.807, 2.05) is 35.2 Å². The van der Waals surface area contributed by atoms with Crippen LogP contribution in [0.15, 0.2) is 48.5 Å². The van der Waals surface area contributed by atoms with Gasteiger partial charge in [0, 0.05) is 45.2 Å². The third-order valence-corrected chi connectivity index (χ3v) is 5.72. The number of ether oxygens (including phenoxy) is 1. The standard InChI is InChI=1S/C23H28N4O2/c1-25-21-10-4-3-9-20(21)24-22(25)11-14-26-12-6-13-27(16-15-26)23(28)18-7-5-8-19(17-18)29-2/h3-5,7-10,17H,6,11-16H2,1-2H3. The minimum absolute atomic E-state index is 0.0844. The van der Waals surface area contributed by atoms with Gasteiger partial charge in [-0.2, -0.15) is 0 Å². The van der Waals surface area contributed by atoms with E-state index in [2.05, 4.69) is 34.7 Å². The zero-order valence-electron chi connectivity index (χ0n) is 17.2. The van der Waals surface area contributed by atoms with Crippen LogP contribution in [-0.2, 0) is 13.5 Å². The van der Waals surface area contributed by atoms with E-state index >= 15 is 0 Å². The largest absolute Gasteiger partial charge is 0.497 e. The summed E-state index contributed by atoms with van der Waals surface area (Å²) in [7, 11) is 3.71. The molecule has 6 nitrogen and oxygen atoms in total. The lowest BCUT2D eigenvalue weighted by Gasteiger charge is -2.22. The Kier molecular flexibility index (Phi) is 5.81. The molecule has 2 heterocycles. The van der Waals surface area contributed by atoms with E-state index in [9.17, 15) is 4.79 Å². The van der Waals surface area contributed by atoms with E-state index in [0.29, 0.717) is 5.56 Å². The second-order valence-corrected chi connectivity index (χ2v) is 7.55. The van der Waals surface area contributed by atoms with Gasteiger partial charge in [-0.25, -0.2) is 4.98 Å². The molecule has 0 unspecified atom stereocenters. The second kappa shape index (κ2) is 8.66. The first kappa shape index (κ1) is 19.5. The quantitative estimate of drug-likeness (QED) is 0.670. The van der Waals surface area contributed by atoms with Gasteiger partial charge < -0.3 is 19.1 Å². The van der Waals surface area contributed by atoms with Gasteiger partial charge in [-0.3, -0.25) is 4.79 Å². The fourth-order valence-corrected chi connectivity index (χ4v) is 4.01. The molecule has 1 fully saturated rings. The van der Waals surface area contributed by atoms with E-state index in [1.165, 1.54) is 5.52 Å². The maximum Gasteiger partial charge on any atom is 0.254 e. The van der Waals surface area contributed by atoms with Crippen molar-refractivity contribution < 1.29 is 9.53 Å². The zero-order chi connectivity index (χ0) is 20.2. The maximum atomic E-state index is 12.9. The smallest absolute Gasteiger partial charge is 0.254 e. The Hall–Kier alpha value is -2.86. The van der Waals surface area contributed by atoms with Gasteiger partial charge in [0.15, 0.2) is 0 Å². The molecular formula is C23H28N4O2. The lowest BCUT2D eigenvalue weighted by atomic mass is 10.2. The molecule has 1 aliphatic heterocycles. The summed E-state index contributed by atoms with van der Waals surface area (Å²) in [5, 5.41) is 0. The van der Waals surface area contributed by atoms with Gasteiger partial charge in [0.1, 0.15) is 11.6 Å². The molecule has 4 rings (SSSR count). The molecule has 1 aromatic heterocycles. The Morgan fingerprint density at radius 2 is 1.93 bits per heavy atom. The first-order chi connectivity index (χ1) is 14.2. The predicted molar refractivity (Wildman–Crippen MR) is 114 cm³/mol. The lowest BCUT2D eigenvalue weighted by molar-refractivity contribution is 0.0761. The first-order valence-corrected chi connectivity index (χ1v) is 10.2. The molecule has 0 aliphatic carbocycles. The van der Waals surface area contributed by atoms with Crippen molar-refractivity contribution in [2.45, 2.75) is 12.8 Å². The van der Waals surface area contributed by atoms with Crippen molar-refractivity contribution in [1.82, 2.24) is 19.4 Å². The molecule has 6 heteroatoms. The molecule has 0 radical (unpaired) electrons. The third-order valence-electron chi connectivity index (χ3n) is 5.72. The Morgan fingerprint density at radius 1 is 1.07 bits per heavy atom. The minimum atomic E-state index is 0.0844.